The zero-order valence-electron chi connectivity index (χ0n) is 14.0. The van der Waals surface area contributed by atoms with E-state index >= 15 is 0 Å². The highest BCUT2D eigenvalue weighted by atomic mass is 19.4. The molecule has 0 spiro atoms. The SMILES string of the molecule is CC1(C)OB([C@H]2[C@H](c3ccc(C#N)cc3)[C@@H]2C(F)(F)F)OC1(C)C. The lowest BCUT2D eigenvalue weighted by molar-refractivity contribution is -0.149. The molecule has 1 aromatic carbocycles. The molecule has 2 fully saturated rings. The summed E-state index contributed by atoms with van der Waals surface area (Å²) in [6, 6.07) is 8.24. The van der Waals surface area contributed by atoms with Gasteiger partial charge in [0.25, 0.3) is 0 Å². The van der Waals surface area contributed by atoms with Crippen LogP contribution in [0.15, 0.2) is 24.3 Å². The van der Waals surface area contributed by atoms with Gasteiger partial charge in [0, 0.05) is 5.82 Å². The fraction of sp³-hybridized carbons (Fsp3) is 0.588. The topological polar surface area (TPSA) is 42.2 Å². The van der Waals surface area contributed by atoms with Gasteiger partial charge in [-0.2, -0.15) is 18.4 Å². The van der Waals surface area contributed by atoms with E-state index in [-0.39, 0.29) is 0 Å². The second-order valence-electron chi connectivity index (χ2n) is 7.53. The van der Waals surface area contributed by atoms with E-state index in [9.17, 15) is 13.2 Å². The van der Waals surface area contributed by atoms with Crippen LogP contribution in [-0.4, -0.2) is 24.5 Å². The number of hydrogen-bond acceptors (Lipinski definition) is 3. The van der Waals surface area contributed by atoms with E-state index in [1.165, 1.54) is 0 Å². The van der Waals surface area contributed by atoms with E-state index in [2.05, 4.69) is 0 Å². The van der Waals surface area contributed by atoms with E-state index < -0.39 is 42.1 Å². The van der Waals surface area contributed by atoms with Crippen molar-refractivity contribution < 1.29 is 22.5 Å². The molecule has 1 saturated heterocycles. The van der Waals surface area contributed by atoms with Crippen molar-refractivity contribution in [3.8, 4) is 6.07 Å². The van der Waals surface area contributed by atoms with Crippen LogP contribution < -0.4 is 0 Å². The fourth-order valence-electron chi connectivity index (χ4n) is 3.35. The lowest BCUT2D eigenvalue weighted by Crippen LogP contribution is -2.41. The largest absolute Gasteiger partial charge is 0.462 e. The summed E-state index contributed by atoms with van der Waals surface area (Å²) >= 11 is 0. The normalized spacial score (nSPS) is 30.9. The quantitative estimate of drug-likeness (QED) is 0.756. The number of rotatable bonds is 2. The molecule has 1 aromatic rings. The third kappa shape index (κ3) is 2.72. The van der Waals surface area contributed by atoms with Gasteiger partial charge in [0.2, 0.25) is 0 Å². The van der Waals surface area contributed by atoms with Crippen LogP contribution in [0.3, 0.4) is 0 Å². The molecule has 3 rings (SSSR count). The highest BCUT2D eigenvalue weighted by Gasteiger charge is 2.72. The first-order chi connectivity index (χ1) is 11.0. The maximum atomic E-state index is 13.4. The Hall–Kier alpha value is -1.52. The van der Waals surface area contributed by atoms with Gasteiger partial charge in [-0.3, -0.25) is 0 Å². The highest BCUT2D eigenvalue weighted by Crippen LogP contribution is 2.68. The van der Waals surface area contributed by atoms with Crippen molar-refractivity contribution >= 4 is 7.12 Å². The van der Waals surface area contributed by atoms with Crippen molar-refractivity contribution in [3.05, 3.63) is 35.4 Å². The van der Waals surface area contributed by atoms with Gasteiger partial charge in [0.15, 0.2) is 0 Å². The molecule has 0 unspecified atom stereocenters. The Kier molecular flexibility index (Phi) is 3.78. The summed E-state index contributed by atoms with van der Waals surface area (Å²) in [5.74, 6) is -2.95. The minimum Gasteiger partial charge on any atom is -0.403 e. The smallest absolute Gasteiger partial charge is 0.403 e. The summed E-state index contributed by atoms with van der Waals surface area (Å²) in [5.41, 5.74) is -0.330. The minimum atomic E-state index is -4.31. The first kappa shape index (κ1) is 17.3. The van der Waals surface area contributed by atoms with Crippen molar-refractivity contribution in [2.45, 2.75) is 56.8 Å². The zero-order valence-corrected chi connectivity index (χ0v) is 14.0. The Morgan fingerprint density at radius 3 is 1.96 bits per heavy atom. The van der Waals surface area contributed by atoms with Crippen molar-refractivity contribution in [2.75, 3.05) is 0 Å². The molecule has 3 nitrogen and oxygen atoms in total. The van der Waals surface area contributed by atoms with Gasteiger partial charge in [-0.05, 0) is 51.3 Å². The van der Waals surface area contributed by atoms with Crippen molar-refractivity contribution in [1.29, 1.82) is 5.26 Å². The molecule has 0 radical (unpaired) electrons. The van der Waals surface area contributed by atoms with Crippen LogP contribution in [0.5, 0.6) is 0 Å². The first-order valence-corrected chi connectivity index (χ1v) is 7.90. The lowest BCUT2D eigenvalue weighted by Gasteiger charge is -2.32. The summed E-state index contributed by atoms with van der Waals surface area (Å²) in [4.78, 5) is 0. The molecule has 0 N–H and O–H groups in total. The maximum absolute atomic E-state index is 13.4. The maximum Gasteiger partial charge on any atom is 0.462 e. The van der Waals surface area contributed by atoms with Crippen LogP contribution in [0.1, 0.15) is 44.7 Å². The molecule has 0 amide bonds. The van der Waals surface area contributed by atoms with Crippen LogP contribution in [0, 0.1) is 17.2 Å². The van der Waals surface area contributed by atoms with E-state index in [0.717, 1.165) is 0 Å². The average Bonchev–Trinajstić information content (AvgIpc) is 3.17. The van der Waals surface area contributed by atoms with Crippen LogP contribution in [0.25, 0.3) is 0 Å². The van der Waals surface area contributed by atoms with Gasteiger partial charge in [0.1, 0.15) is 0 Å². The predicted molar refractivity (Wildman–Crippen MR) is 83.3 cm³/mol. The van der Waals surface area contributed by atoms with E-state index in [4.69, 9.17) is 14.6 Å². The highest BCUT2D eigenvalue weighted by molar-refractivity contribution is 6.49. The molecule has 1 saturated carbocycles. The molecule has 1 heterocycles. The Bertz CT molecular complexity index is 663. The molecule has 2 aliphatic rings. The molecule has 128 valence electrons. The monoisotopic (exact) mass is 337 g/mol. The van der Waals surface area contributed by atoms with Gasteiger partial charge in [0.05, 0.1) is 28.8 Å². The second-order valence-corrected chi connectivity index (χ2v) is 7.53. The van der Waals surface area contributed by atoms with Crippen molar-refractivity contribution in [3.63, 3.8) is 0 Å². The number of benzene rings is 1. The third-order valence-corrected chi connectivity index (χ3v) is 5.46. The number of hydrogen-bond donors (Lipinski definition) is 0. The van der Waals surface area contributed by atoms with Gasteiger partial charge in [-0.25, -0.2) is 0 Å². The lowest BCUT2D eigenvalue weighted by atomic mass is 9.78. The Morgan fingerprint density at radius 2 is 1.54 bits per heavy atom. The standard InChI is InChI=1S/C17H19BF3NO2/c1-15(2)16(3,4)24-18(23-15)14-12(13(14)17(19,20)21)11-7-5-10(9-22)6-8-11/h5-8,12-14H,1-4H3/t12-,13+,14+/m1/s1. The second kappa shape index (κ2) is 5.24. The summed E-state index contributed by atoms with van der Waals surface area (Å²) in [6.45, 7) is 7.31. The van der Waals surface area contributed by atoms with Crippen molar-refractivity contribution in [1.82, 2.24) is 0 Å². The summed E-state index contributed by atoms with van der Waals surface area (Å²) in [6.07, 6.45) is -4.31. The van der Waals surface area contributed by atoms with E-state index in [1.54, 1.807) is 24.3 Å². The minimum absolute atomic E-state index is 0.426. The van der Waals surface area contributed by atoms with Gasteiger partial charge < -0.3 is 9.31 Å². The number of nitrogens with zero attached hydrogens (tertiary/aromatic N) is 1. The summed E-state index contributed by atoms with van der Waals surface area (Å²) in [7, 11) is -0.887. The molecule has 0 bridgehead atoms. The summed E-state index contributed by atoms with van der Waals surface area (Å²) in [5, 5.41) is 8.83. The zero-order chi connectivity index (χ0) is 17.9. The van der Waals surface area contributed by atoms with Gasteiger partial charge in [-0.15, -0.1) is 0 Å². The average molecular weight is 337 g/mol. The first-order valence-electron chi connectivity index (χ1n) is 7.90. The van der Waals surface area contributed by atoms with Crippen LogP contribution in [0.4, 0.5) is 13.2 Å². The van der Waals surface area contributed by atoms with E-state index in [1.807, 2.05) is 33.8 Å². The Balaban J connectivity index is 1.88. The molecule has 24 heavy (non-hydrogen) atoms. The van der Waals surface area contributed by atoms with Crippen molar-refractivity contribution in [2.24, 2.45) is 5.92 Å². The molecule has 3 atom stereocenters. The molecule has 1 aliphatic carbocycles. The Morgan fingerprint density at radius 1 is 1.04 bits per heavy atom. The van der Waals surface area contributed by atoms with Crippen LogP contribution >= 0.6 is 0 Å². The van der Waals surface area contributed by atoms with Crippen LogP contribution in [-0.2, 0) is 9.31 Å². The third-order valence-electron chi connectivity index (χ3n) is 5.46. The summed E-state index contributed by atoms with van der Waals surface area (Å²) < 4.78 is 52.0. The van der Waals surface area contributed by atoms with Gasteiger partial charge in [-0.1, -0.05) is 12.1 Å². The van der Waals surface area contributed by atoms with Gasteiger partial charge >= 0.3 is 13.3 Å². The molecule has 0 aromatic heterocycles. The molecule has 1 aliphatic heterocycles. The molecule has 7 heteroatoms. The van der Waals surface area contributed by atoms with E-state index in [0.29, 0.717) is 11.1 Å². The Labute approximate surface area is 139 Å². The predicted octanol–water partition coefficient (Wildman–Crippen LogP) is 4.30. The number of alkyl halides is 3. The fourth-order valence-corrected chi connectivity index (χ4v) is 3.35. The molecular formula is C17H19BF3NO2. The number of nitriles is 1. The molecular weight excluding hydrogens is 318 g/mol. The van der Waals surface area contributed by atoms with Crippen LogP contribution in [0.2, 0.25) is 5.82 Å². The number of halogens is 3.